The van der Waals surface area contributed by atoms with E-state index in [1.807, 2.05) is 23.5 Å². The Kier molecular flexibility index (Phi) is 6.75. The van der Waals surface area contributed by atoms with E-state index in [1.165, 1.54) is 16.7 Å². The number of imidazole rings is 1. The van der Waals surface area contributed by atoms with E-state index in [0.29, 0.717) is 29.3 Å². The Morgan fingerprint density at radius 1 is 1.09 bits per heavy atom. The minimum Gasteiger partial charge on any atom is -0.497 e. The number of benzene rings is 2. The SMILES string of the molecule is CCc1nc2cc(Cl)ccn2c1C(=O)NCc1ccc2c(c1)CCN(Cc1ccc(OC)cc1)C2. The van der Waals surface area contributed by atoms with Crippen molar-refractivity contribution >= 4 is 23.2 Å². The summed E-state index contributed by atoms with van der Waals surface area (Å²) in [5.41, 5.74) is 7.14. The Bertz CT molecular complexity index is 1360. The Balaban J connectivity index is 1.24. The molecule has 6 nitrogen and oxygen atoms in total. The van der Waals surface area contributed by atoms with Crippen LogP contribution in [-0.2, 0) is 32.5 Å². The molecule has 35 heavy (non-hydrogen) atoms. The zero-order valence-corrected chi connectivity index (χ0v) is 20.8. The first-order valence-corrected chi connectivity index (χ1v) is 12.3. The second-order valence-electron chi connectivity index (χ2n) is 8.93. The average Bonchev–Trinajstić information content (AvgIpc) is 3.25. The van der Waals surface area contributed by atoms with Gasteiger partial charge in [0.2, 0.25) is 0 Å². The van der Waals surface area contributed by atoms with E-state index in [2.05, 4.69) is 45.5 Å². The van der Waals surface area contributed by atoms with Gasteiger partial charge in [-0.3, -0.25) is 14.1 Å². The number of carbonyl (C=O) groups is 1. The van der Waals surface area contributed by atoms with Crippen LogP contribution in [0.5, 0.6) is 5.75 Å². The van der Waals surface area contributed by atoms with Gasteiger partial charge in [-0.25, -0.2) is 4.98 Å². The van der Waals surface area contributed by atoms with Gasteiger partial charge in [0.15, 0.2) is 0 Å². The highest BCUT2D eigenvalue weighted by Gasteiger charge is 2.20. The summed E-state index contributed by atoms with van der Waals surface area (Å²) in [6, 6.07) is 18.4. The van der Waals surface area contributed by atoms with Crippen molar-refractivity contribution in [3.05, 3.63) is 99.5 Å². The monoisotopic (exact) mass is 488 g/mol. The smallest absolute Gasteiger partial charge is 0.270 e. The highest BCUT2D eigenvalue weighted by molar-refractivity contribution is 6.30. The van der Waals surface area contributed by atoms with Crippen molar-refractivity contribution in [2.24, 2.45) is 0 Å². The maximum absolute atomic E-state index is 13.1. The Morgan fingerprint density at radius 3 is 2.66 bits per heavy atom. The summed E-state index contributed by atoms with van der Waals surface area (Å²) in [7, 11) is 1.69. The van der Waals surface area contributed by atoms with Crippen molar-refractivity contribution in [1.82, 2.24) is 19.6 Å². The molecule has 0 bridgehead atoms. The third kappa shape index (κ3) is 5.04. The van der Waals surface area contributed by atoms with Gasteiger partial charge in [0.1, 0.15) is 17.1 Å². The molecule has 1 aliphatic rings. The van der Waals surface area contributed by atoms with E-state index in [0.717, 1.165) is 43.1 Å². The molecule has 5 rings (SSSR count). The van der Waals surface area contributed by atoms with Crippen molar-refractivity contribution in [3.8, 4) is 5.75 Å². The number of rotatable bonds is 7. The maximum atomic E-state index is 13.1. The largest absolute Gasteiger partial charge is 0.497 e. The molecule has 0 saturated heterocycles. The zero-order valence-electron chi connectivity index (χ0n) is 20.1. The minimum atomic E-state index is -0.125. The van der Waals surface area contributed by atoms with Gasteiger partial charge in [-0.15, -0.1) is 0 Å². The average molecular weight is 489 g/mol. The van der Waals surface area contributed by atoms with Crippen molar-refractivity contribution in [3.63, 3.8) is 0 Å². The number of nitrogens with one attached hydrogen (secondary N) is 1. The second kappa shape index (κ2) is 10.1. The third-order valence-corrected chi connectivity index (χ3v) is 6.83. The fourth-order valence-electron chi connectivity index (χ4n) is 4.72. The number of halogens is 1. The van der Waals surface area contributed by atoms with Gasteiger partial charge in [-0.05, 0) is 53.3 Å². The van der Waals surface area contributed by atoms with Crippen molar-refractivity contribution in [1.29, 1.82) is 0 Å². The molecular formula is C28H29ClN4O2. The number of aromatic nitrogens is 2. The van der Waals surface area contributed by atoms with Gasteiger partial charge in [-0.2, -0.15) is 0 Å². The fourth-order valence-corrected chi connectivity index (χ4v) is 4.87. The summed E-state index contributed by atoms with van der Waals surface area (Å²) >= 11 is 6.10. The van der Waals surface area contributed by atoms with Crippen LogP contribution in [0.4, 0.5) is 0 Å². The van der Waals surface area contributed by atoms with E-state index < -0.39 is 0 Å². The summed E-state index contributed by atoms with van der Waals surface area (Å²) < 4.78 is 7.07. The number of carbonyl (C=O) groups excluding carboxylic acids is 1. The van der Waals surface area contributed by atoms with Crippen LogP contribution >= 0.6 is 11.6 Å². The minimum absolute atomic E-state index is 0.125. The van der Waals surface area contributed by atoms with E-state index in [-0.39, 0.29) is 5.91 Å². The van der Waals surface area contributed by atoms with Crippen molar-refractivity contribution in [2.75, 3.05) is 13.7 Å². The topological polar surface area (TPSA) is 58.9 Å². The van der Waals surface area contributed by atoms with Gasteiger partial charge >= 0.3 is 0 Å². The van der Waals surface area contributed by atoms with E-state index in [9.17, 15) is 4.79 Å². The van der Waals surface area contributed by atoms with Crippen LogP contribution in [-0.4, -0.2) is 33.8 Å². The molecule has 1 amide bonds. The van der Waals surface area contributed by atoms with Crippen LogP contribution < -0.4 is 10.1 Å². The lowest BCUT2D eigenvalue weighted by molar-refractivity contribution is 0.0944. The lowest BCUT2D eigenvalue weighted by Crippen LogP contribution is -2.30. The number of fused-ring (bicyclic) bond motifs is 2. The normalized spacial score (nSPS) is 13.6. The highest BCUT2D eigenvalue weighted by atomic mass is 35.5. The fraction of sp³-hybridized carbons (Fsp3) is 0.286. The molecule has 0 saturated carbocycles. The van der Waals surface area contributed by atoms with E-state index in [4.69, 9.17) is 16.3 Å². The molecule has 0 spiro atoms. The number of amides is 1. The Labute approximate surface area is 210 Å². The molecular weight excluding hydrogens is 460 g/mol. The van der Waals surface area contributed by atoms with Gasteiger partial charge in [0.25, 0.3) is 5.91 Å². The molecule has 4 aromatic rings. The van der Waals surface area contributed by atoms with Gasteiger partial charge < -0.3 is 10.1 Å². The number of aryl methyl sites for hydroxylation is 1. The molecule has 0 radical (unpaired) electrons. The van der Waals surface area contributed by atoms with Gasteiger partial charge in [0.05, 0.1) is 12.8 Å². The van der Waals surface area contributed by atoms with Crippen molar-refractivity contribution < 1.29 is 9.53 Å². The summed E-state index contributed by atoms with van der Waals surface area (Å²) in [6.45, 7) is 5.34. The first kappa shape index (κ1) is 23.4. The molecule has 1 N–H and O–H groups in total. The summed E-state index contributed by atoms with van der Waals surface area (Å²) in [6.07, 6.45) is 3.48. The van der Waals surface area contributed by atoms with Crippen LogP contribution in [0, 0.1) is 0 Å². The molecule has 1 aliphatic heterocycles. The van der Waals surface area contributed by atoms with Crippen LogP contribution in [0.2, 0.25) is 5.02 Å². The standard InChI is InChI=1S/C28H29ClN4O2/c1-3-25-27(33-13-11-23(29)15-26(33)31-25)28(34)30-16-20-4-7-22-18-32(12-10-21(22)14-20)17-19-5-8-24(35-2)9-6-19/h4-9,11,13-15H,3,10,12,16-18H2,1-2H3,(H,30,34). The highest BCUT2D eigenvalue weighted by Crippen LogP contribution is 2.23. The Morgan fingerprint density at radius 2 is 1.89 bits per heavy atom. The summed E-state index contributed by atoms with van der Waals surface area (Å²) in [5, 5.41) is 3.69. The van der Waals surface area contributed by atoms with Crippen LogP contribution in [0.15, 0.2) is 60.8 Å². The number of ether oxygens (including phenoxy) is 1. The lowest BCUT2D eigenvalue weighted by Gasteiger charge is -2.29. The van der Waals surface area contributed by atoms with Crippen LogP contribution in [0.25, 0.3) is 5.65 Å². The number of pyridine rings is 1. The molecule has 2 aromatic heterocycles. The number of methoxy groups -OCH3 is 1. The third-order valence-electron chi connectivity index (χ3n) is 6.59. The number of hydrogen-bond acceptors (Lipinski definition) is 4. The van der Waals surface area contributed by atoms with E-state index in [1.54, 1.807) is 25.4 Å². The maximum Gasteiger partial charge on any atom is 0.270 e. The molecule has 0 aliphatic carbocycles. The molecule has 0 fully saturated rings. The number of hydrogen-bond donors (Lipinski definition) is 1. The van der Waals surface area contributed by atoms with Crippen molar-refractivity contribution in [2.45, 2.75) is 39.4 Å². The molecule has 2 aromatic carbocycles. The first-order chi connectivity index (χ1) is 17.0. The molecule has 3 heterocycles. The molecule has 0 atom stereocenters. The second-order valence-corrected chi connectivity index (χ2v) is 9.36. The summed E-state index contributed by atoms with van der Waals surface area (Å²) in [4.78, 5) is 20.1. The lowest BCUT2D eigenvalue weighted by atomic mass is 9.97. The predicted octanol–water partition coefficient (Wildman–Crippen LogP) is 5.05. The predicted molar refractivity (Wildman–Crippen MR) is 138 cm³/mol. The van der Waals surface area contributed by atoms with Gasteiger partial charge in [0, 0.05) is 43.5 Å². The molecule has 180 valence electrons. The van der Waals surface area contributed by atoms with E-state index >= 15 is 0 Å². The first-order valence-electron chi connectivity index (χ1n) is 11.9. The zero-order chi connectivity index (χ0) is 24.4. The molecule has 7 heteroatoms. The summed E-state index contributed by atoms with van der Waals surface area (Å²) in [5.74, 6) is 0.758. The quantitative estimate of drug-likeness (QED) is 0.395. The Hall–Kier alpha value is -3.35. The number of nitrogens with zero attached hydrogens (tertiary/aromatic N) is 3. The van der Waals surface area contributed by atoms with Crippen LogP contribution in [0.1, 0.15) is 45.4 Å². The van der Waals surface area contributed by atoms with Gasteiger partial charge in [-0.1, -0.05) is 48.9 Å². The van der Waals surface area contributed by atoms with Crippen LogP contribution in [0.3, 0.4) is 0 Å². The molecule has 0 unspecified atom stereocenters.